The SMILES string of the molecule is Cc1cc(C)c(NCCNC(=O)[C@@H]2CC3(CCN(C(=O)[C@@H](CCCc4ccccc4)NC(=O)C(C)(C)N)CC3)c3ccccc32)c(C)c1. The summed E-state index contributed by atoms with van der Waals surface area (Å²) in [5.41, 5.74) is 13.2. The third-order valence-electron chi connectivity index (χ3n) is 10.2. The quantitative estimate of drug-likeness (QED) is 0.195. The molecule has 5 rings (SSSR count). The Hall–Kier alpha value is -4.17. The molecule has 3 aromatic rings. The molecule has 1 heterocycles. The average molecular weight is 652 g/mol. The molecule has 2 atom stereocenters. The summed E-state index contributed by atoms with van der Waals surface area (Å²) in [5, 5.41) is 9.67. The lowest BCUT2D eigenvalue weighted by atomic mass is 9.73. The molecular weight excluding hydrogens is 598 g/mol. The zero-order valence-corrected chi connectivity index (χ0v) is 29.3. The number of benzene rings is 3. The molecule has 8 heteroatoms. The van der Waals surface area contributed by atoms with Crippen LogP contribution in [0, 0.1) is 20.8 Å². The Labute approximate surface area is 286 Å². The maximum Gasteiger partial charge on any atom is 0.245 e. The minimum Gasteiger partial charge on any atom is -0.383 e. The first kappa shape index (κ1) is 35.1. The minimum absolute atomic E-state index is 0.0531. The van der Waals surface area contributed by atoms with Gasteiger partial charge in [0.15, 0.2) is 0 Å². The van der Waals surface area contributed by atoms with Crippen LogP contribution < -0.4 is 21.7 Å². The second-order valence-electron chi connectivity index (χ2n) is 14.6. The number of likely N-dealkylation sites (tertiary alicyclic amines) is 1. The summed E-state index contributed by atoms with van der Waals surface area (Å²) in [6.45, 7) is 12.0. The van der Waals surface area contributed by atoms with Gasteiger partial charge in [0.1, 0.15) is 6.04 Å². The Kier molecular flexibility index (Phi) is 10.9. The van der Waals surface area contributed by atoms with Gasteiger partial charge in [0, 0.05) is 37.3 Å². The van der Waals surface area contributed by atoms with Gasteiger partial charge in [0.2, 0.25) is 17.7 Å². The van der Waals surface area contributed by atoms with E-state index in [0.717, 1.165) is 43.4 Å². The Balaban J connectivity index is 1.20. The number of rotatable bonds is 12. The maximum atomic E-state index is 13.9. The highest BCUT2D eigenvalue weighted by Crippen LogP contribution is 2.51. The number of nitrogens with zero attached hydrogens (tertiary/aromatic N) is 1. The molecule has 256 valence electrons. The highest BCUT2D eigenvalue weighted by molar-refractivity contribution is 5.91. The molecule has 1 aliphatic heterocycles. The van der Waals surface area contributed by atoms with Crippen LogP contribution in [-0.4, -0.2) is 60.4 Å². The van der Waals surface area contributed by atoms with Gasteiger partial charge < -0.3 is 26.6 Å². The molecule has 5 N–H and O–H groups in total. The highest BCUT2D eigenvalue weighted by atomic mass is 16.2. The van der Waals surface area contributed by atoms with Gasteiger partial charge in [0.25, 0.3) is 0 Å². The summed E-state index contributed by atoms with van der Waals surface area (Å²) >= 11 is 0. The third kappa shape index (κ3) is 8.09. The fourth-order valence-corrected chi connectivity index (χ4v) is 7.69. The van der Waals surface area contributed by atoms with Crippen LogP contribution in [0.2, 0.25) is 0 Å². The predicted molar refractivity (Wildman–Crippen MR) is 193 cm³/mol. The van der Waals surface area contributed by atoms with Crippen LogP contribution in [0.5, 0.6) is 0 Å². The van der Waals surface area contributed by atoms with Gasteiger partial charge in [-0.1, -0.05) is 72.3 Å². The summed E-state index contributed by atoms with van der Waals surface area (Å²) in [4.78, 5) is 42.3. The van der Waals surface area contributed by atoms with E-state index in [9.17, 15) is 14.4 Å². The second kappa shape index (κ2) is 14.9. The molecule has 0 bridgehead atoms. The van der Waals surface area contributed by atoms with E-state index in [1.54, 1.807) is 13.8 Å². The molecule has 0 aromatic heterocycles. The van der Waals surface area contributed by atoms with Crippen molar-refractivity contribution in [1.82, 2.24) is 15.5 Å². The normalized spacial score (nSPS) is 17.5. The van der Waals surface area contributed by atoms with Crippen LogP contribution in [0.1, 0.15) is 85.3 Å². The van der Waals surface area contributed by atoms with Crippen molar-refractivity contribution in [2.45, 2.75) is 96.1 Å². The first-order chi connectivity index (χ1) is 22.9. The maximum absolute atomic E-state index is 13.9. The molecule has 0 radical (unpaired) electrons. The van der Waals surface area contributed by atoms with E-state index in [1.165, 1.54) is 27.8 Å². The molecule has 3 amide bonds. The van der Waals surface area contributed by atoms with Crippen LogP contribution in [0.15, 0.2) is 66.7 Å². The van der Waals surface area contributed by atoms with Crippen molar-refractivity contribution >= 4 is 23.4 Å². The number of anilines is 1. The smallest absolute Gasteiger partial charge is 0.245 e. The molecule has 0 saturated carbocycles. The number of amides is 3. The van der Waals surface area contributed by atoms with E-state index in [4.69, 9.17) is 5.73 Å². The zero-order valence-electron chi connectivity index (χ0n) is 29.3. The third-order valence-corrected chi connectivity index (χ3v) is 10.2. The highest BCUT2D eigenvalue weighted by Gasteiger charge is 2.48. The Morgan fingerprint density at radius 1 is 0.938 bits per heavy atom. The Morgan fingerprint density at radius 2 is 1.58 bits per heavy atom. The lowest BCUT2D eigenvalue weighted by Crippen LogP contribution is -2.57. The summed E-state index contributed by atoms with van der Waals surface area (Å²) in [6, 6.07) is 22.2. The summed E-state index contributed by atoms with van der Waals surface area (Å²) in [6.07, 6.45) is 4.44. The second-order valence-corrected chi connectivity index (χ2v) is 14.6. The Morgan fingerprint density at radius 3 is 2.25 bits per heavy atom. The van der Waals surface area contributed by atoms with Crippen LogP contribution in [0.4, 0.5) is 5.69 Å². The first-order valence-electron chi connectivity index (χ1n) is 17.5. The van der Waals surface area contributed by atoms with Gasteiger partial charge >= 0.3 is 0 Å². The van der Waals surface area contributed by atoms with Crippen molar-refractivity contribution in [2.24, 2.45) is 5.73 Å². The van der Waals surface area contributed by atoms with Gasteiger partial charge in [-0.3, -0.25) is 14.4 Å². The number of fused-ring (bicyclic) bond motifs is 2. The fraction of sp³-hybridized carbons (Fsp3) is 0.475. The summed E-state index contributed by atoms with van der Waals surface area (Å²) in [7, 11) is 0. The molecule has 1 fully saturated rings. The number of carbonyl (C=O) groups excluding carboxylic acids is 3. The monoisotopic (exact) mass is 651 g/mol. The molecule has 1 saturated heterocycles. The number of piperidine rings is 1. The lowest BCUT2D eigenvalue weighted by molar-refractivity contribution is -0.139. The van der Waals surface area contributed by atoms with Crippen molar-refractivity contribution in [3.8, 4) is 0 Å². The Bertz CT molecular complexity index is 1580. The van der Waals surface area contributed by atoms with E-state index < -0.39 is 11.6 Å². The van der Waals surface area contributed by atoms with E-state index in [0.29, 0.717) is 32.6 Å². The molecular formula is C40H53N5O3. The van der Waals surface area contributed by atoms with Gasteiger partial charge in [-0.05, 0) is 101 Å². The van der Waals surface area contributed by atoms with Crippen molar-refractivity contribution in [3.63, 3.8) is 0 Å². The predicted octanol–water partition coefficient (Wildman–Crippen LogP) is 5.43. The number of hydrogen-bond donors (Lipinski definition) is 4. The van der Waals surface area contributed by atoms with Crippen molar-refractivity contribution < 1.29 is 14.4 Å². The minimum atomic E-state index is -1.08. The van der Waals surface area contributed by atoms with Gasteiger partial charge in [-0.15, -0.1) is 0 Å². The summed E-state index contributed by atoms with van der Waals surface area (Å²) in [5.74, 6) is -0.541. The standard InChI is InChI=1S/C40H53N5O3/c1-27-24-28(2)35(29(3)25-27)42-20-21-43-36(46)32-26-40(33-16-10-9-15-31(32)33)18-22-45(23-19-40)37(47)34(44-38(48)39(4,5)41)17-11-14-30-12-7-6-8-13-30/h6-10,12-13,15-16,24-25,32,34,42H,11,14,17-23,26,41H2,1-5H3,(H,43,46)(H,44,48)/t32-,34-/m1/s1. The van der Waals surface area contributed by atoms with Gasteiger partial charge in [-0.2, -0.15) is 0 Å². The van der Waals surface area contributed by atoms with Gasteiger partial charge in [0.05, 0.1) is 11.5 Å². The molecule has 1 aliphatic carbocycles. The van der Waals surface area contributed by atoms with Crippen LogP contribution in [-0.2, 0) is 26.2 Å². The number of nitrogens with two attached hydrogens (primary N) is 1. The lowest BCUT2D eigenvalue weighted by Gasteiger charge is -2.41. The van der Waals surface area contributed by atoms with Crippen LogP contribution in [0.25, 0.3) is 0 Å². The van der Waals surface area contributed by atoms with E-state index in [2.05, 4.69) is 79.2 Å². The zero-order chi connectivity index (χ0) is 34.5. The van der Waals surface area contributed by atoms with Crippen LogP contribution in [0.3, 0.4) is 0 Å². The molecule has 0 unspecified atom stereocenters. The summed E-state index contributed by atoms with van der Waals surface area (Å²) < 4.78 is 0. The number of nitrogens with one attached hydrogen (secondary N) is 3. The van der Waals surface area contributed by atoms with Crippen LogP contribution >= 0.6 is 0 Å². The van der Waals surface area contributed by atoms with E-state index in [-0.39, 0.29) is 29.1 Å². The fourth-order valence-electron chi connectivity index (χ4n) is 7.69. The molecule has 2 aliphatic rings. The molecule has 3 aromatic carbocycles. The van der Waals surface area contributed by atoms with Gasteiger partial charge in [-0.25, -0.2) is 0 Å². The van der Waals surface area contributed by atoms with Crippen molar-refractivity contribution in [1.29, 1.82) is 0 Å². The molecule has 8 nitrogen and oxygen atoms in total. The molecule has 48 heavy (non-hydrogen) atoms. The van der Waals surface area contributed by atoms with E-state index in [1.807, 2.05) is 29.2 Å². The molecule has 1 spiro atoms. The first-order valence-corrected chi connectivity index (χ1v) is 17.5. The van der Waals surface area contributed by atoms with Crippen molar-refractivity contribution in [3.05, 3.63) is 100 Å². The van der Waals surface area contributed by atoms with Crippen molar-refractivity contribution in [2.75, 3.05) is 31.5 Å². The number of carbonyl (C=O) groups is 3. The largest absolute Gasteiger partial charge is 0.383 e. The van der Waals surface area contributed by atoms with E-state index >= 15 is 0 Å². The average Bonchev–Trinajstić information content (AvgIpc) is 3.37. The number of hydrogen-bond acceptors (Lipinski definition) is 5. The number of aryl methyl sites for hydroxylation is 4. The topological polar surface area (TPSA) is 117 Å².